The minimum absolute atomic E-state index is 0.471. The maximum atomic E-state index is 5.60. The lowest BCUT2D eigenvalue weighted by Crippen LogP contribution is -2.00. The van der Waals surface area contributed by atoms with Crippen molar-refractivity contribution in [2.24, 2.45) is 0 Å². The van der Waals surface area contributed by atoms with E-state index in [1.54, 1.807) is 0 Å². The quantitative estimate of drug-likeness (QED) is 0.728. The van der Waals surface area contributed by atoms with Crippen LogP contribution in [0.25, 0.3) is 0 Å². The van der Waals surface area contributed by atoms with Crippen molar-refractivity contribution in [3.8, 4) is 5.75 Å². The first kappa shape index (κ1) is 12.4. The highest BCUT2D eigenvalue weighted by atomic mass is 16.6. The van der Waals surface area contributed by atoms with Crippen LogP contribution in [0.4, 0.5) is 0 Å². The van der Waals surface area contributed by atoms with Crippen LogP contribution in [0.1, 0.15) is 37.0 Å². The van der Waals surface area contributed by atoms with Gasteiger partial charge in [-0.1, -0.05) is 6.07 Å². The van der Waals surface area contributed by atoms with E-state index in [2.05, 4.69) is 32.9 Å². The van der Waals surface area contributed by atoms with Gasteiger partial charge in [-0.25, -0.2) is 0 Å². The van der Waals surface area contributed by atoms with E-state index in [1.165, 1.54) is 16.7 Å². The second-order valence-electron chi connectivity index (χ2n) is 4.90. The molecule has 0 saturated carbocycles. The molecule has 0 radical (unpaired) electrons. The lowest BCUT2D eigenvalue weighted by Gasteiger charge is -2.12. The summed E-state index contributed by atoms with van der Waals surface area (Å²) in [6, 6.07) is 4.42. The highest BCUT2D eigenvalue weighted by molar-refractivity contribution is 5.41. The van der Waals surface area contributed by atoms with Crippen molar-refractivity contribution in [1.82, 2.24) is 0 Å². The van der Waals surface area contributed by atoms with E-state index in [1.807, 2.05) is 6.92 Å². The van der Waals surface area contributed by atoms with Gasteiger partial charge in [0.25, 0.3) is 0 Å². The van der Waals surface area contributed by atoms with Gasteiger partial charge in [-0.15, -0.1) is 0 Å². The number of rotatable bonds is 5. The zero-order valence-corrected chi connectivity index (χ0v) is 11.2. The van der Waals surface area contributed by atoms with Crippen molar-refractivity contribution < 1.29 is 9.47 Å². The van der Waals surface area contributed by atoms with Crippen LogP contribution in [0.3, 0.4) is 0 Å². The van der Waals surface area contributed by atoms with E-state index in [4.69, 9.17) is 9.47 Å². The van der Waals surface area contributed by atoms with Crippen molar-refractivity contribution in [3.05, 3.63) is 28.8 Å². The van der Waals surface area contributed by atoms with Crippen LogP contribution in [-0.4, -0.2) is 18.8 Å². The second kappa shape index (κ2) is 5.09. The van der Waals surface area contributed by atoms with Crippen LogP contribution in [0.5, 0.6) is 5.75 Å². The SMILES string of the molecule is CCOc1cc(C)c(CCC2OC2C)cc1C. The number of hydrogen-bond donors (Lipinski definition) is 0. The third kappa shape index (κ3) is 3.01. The van der Waals surface area contributed by atoms with Gasteiger partial charge >= 0.3 is 0 Å². The summed E-state index contributed by atoms with van der Waals surface area (Å²) in [5, 5.41) is 0. The van der Waals surface area contributed by atoms with E-state index >= 15 is 0 Å². The van der Waals surface area contributed by atoms with Crippen LogP contribution in [0.15, 0.2) is 12.1 Å². The lowest BCUT2D eigenvalue weighted by atomic mass is 9.99. The first-order valence-corrected chi connectivity index (χ1v) is 6.50. The monoisotopic (exact) mass is 234 g/mol. The van der Waals surface area contributed by atoms with Crippen molar-refractivity contribution in [1.29, 1.82) is 0 Å². The van der Waals surface area contributed by atoms with Gasteiger partial charge in [0.05, 0.1) is 18.8 Å². The average molecular weight is 234 g/mol. The van der Waals surface area contributed by atoms with Crippen LogP contribution < -0.4 is 4.74 Å². The number of benzene rings is 1. The molecule has 0 bridgehead atoms. The van der Waals surface area contributed by atoms with Crippen molar-refractivity contribution in [2.45, 2.75) is 52.7 Å². The average Bonchev–Trinajstić information content (AvgIpc) is 2.98. The first-order chi connectivity index (χ1) is 8.11. The molecular weight excluding hydrogens is 212 g/mol. The number of aryl methyl sites for hydroxylation is 3. The van der Waals surface area contributed by atoms with Crippen LogP contribution in [-0.2, 0) is 11.2 Å². The molecule has 0 aliphatic carbocycles. The predicted octanol–water partition coefficient (Wildman–Crippen LogP) is 3.42. The second-order valence-corrected chi connectivity index (χ2v) is 4.90. The third-order valence-corrected chi connectivity index (χ3v) is 3.47. The highest BCUT2D eigenvalue weighted by Gasteiger charge is 2.33. The Kier molecular flexibility index (Phi) is 3.72. The summed E-state index contributed by atoms with van der Waals surface area (Å²) in [5.74, 6) is 1.02. The molecule has 2 heteroatoms. The summed E-state index contributed by atoms with van der Waals surface area (Å²) in [5.41, 5.74) is 3.98. The summed E-state index contributed by atoms with van der Waals surface area (Å²) in [6.45, 7) is 9.17. The topological polar surface area (TPSA) is 21.8 Å². The maximum Gasteiger partial charge on any atom is 0.122 e. The first-order valence-electron chi connectivity index (χ1n) is 6.50. The number of ether oxygens (including phenoxy) is 2. The highest BCUT2D eigenvalue weighted by Crippen LogP contribution is 2.28. The minimum atomic E-state index is 0.471. The van der Waals surface area contributed by atoms with Gasteiger partial charge < -0.3 is 9.47 Å². The molecule has 1 heterocycles. The molecule has 0 aromatic heterocycles. The Morgan fingerprint density at radius 2 is 1.94 bits per heavy atom. The Balaban J connectivity index is 2.04. The molecule has 1 saturated heterocycles. The van der Waals surface area contributed by atoms with Gasteiger partial charge in [-0.05, 0) is 63.3 Å². The van der Waals surface area contributed by atoms with Crippen molar-refractivity contribution in [2.75, 3.05) is 6.61 Å². The summed E-state index contributed by atoms with van der Waals surface area (Å²) in [7, 11) is 0. The molecule has 1 fully saturated rings. The zero-order chi connectivity index (χ0) is 12.4. The van der Waals surface area contributed by atoms with Crippen molar-refractivity contribution >= 4 is 0 Å². The summed E-state index contributed by atoms with van der Waals surface area (Å²) < 4.78 is 11.0. The van der Waals surface area contributed by atoms with E-state index in [0.29, 0.717) is 12.2 Å². The fourth-order valence-electron chi connectivity index (χ4n) is 2.26. The minimum Gasteiger partial charge on any atom is -0.494 e. The summed E-state index contributed by atoms with van der Waals surface area (Å²) >= 11 is 0. The van der Waals surface area contributed by atoms with Crippen molar-refractivity contribution in [3.63, 3.8) is 0 Å². The molecule has 1 aromatic carbocycles. The molecule has 2 rings (SSSR count). The maximum absolute atomic E-state index is 5.60. The molecule has 2 unspecified atom stereocenters. The number of hydrogen-bond acceptors (Lipinski definition) is 2. The zero-order valence-electron chi connectivity index (χ0n) is 11.2. The molecule has 94 valence electrons. The molecule has 0 spiro atoms. The van der Waals surface area contributed by atoms with Gasteiger partial charge in [0.15, 0.2) is 0 Å². The van der Waals surface area contributed by atoms with Gasteiger partial charge in [-0.3, -0.25) is 0 Å². The number of epoxide rings is 1. The van der Waals surface area contributed by atoms with E-state index in [-0.39, 0.29) is 0 Å². The van der Waals surface area contributed by atoms with Crippen LogP contribution in [0.2, 0.25) is 0 Å². The Bertz CT molecular complexity index is 398. The normalized spacial score (nSPS) is 22.6. The smallest absolute Gasteiger partial charge is 0.122 e. The Morgan fingerprint density at radius 3 is 2.53 bits per heavy atom. The summed E-state index contributed by atoms with van der Waals surface area (Å²) in [6.07, 6.45) is 3.20. The molecule has 17 heavy (non-hydrogen) atoms. The van der Waals surface area contributed by atoms with Crippen LogP contribution >= 0.6 is 0 Å². The fourth-order valence-corrected chi connectivity index (χ4v) is 2.26. The molecule has 0 amide bonds. The molecule has 2 nitrogen and oxygen atoms in total. The Hall–Kier alpha value is -1.02. The largest absolute Gasteiger partial charge is 0.494 e. The molecule has 2 atom stereocenters. The molecule has 0 N–H and O–H groups in total. The molecular formula is C15H22O2. The Labute approximate surface area is 104 Å². The van der Waals surface area contributed by atoms with Gasteiger partial charge in [0.2, 0.25) is 0 Å². The molecule has 1 aromatic rings. The predicted molar refractivity (Wildman–Crippen MR) is 69.7 cm³/mol. The van der Waals surface area contributed by atoms with Gasteiger partial charge in [0, 0.05) is 0 Å². The van der Waals surface area contributed by atoms with E-state index in [9.17, 15) is 0 Å². The molecule has 1 aliphatic heterocycles. The van der Waals surface area contributed by atoms with E-state index in [0.717, 1.165) is 25.2 Å². The summed E-state index contributed by atoms with van der Waals surface area (Å²) in [4.78, 5) is 0. The van der Waals surface area contributed by atoms with E-state index < -0.39 is 0 Å². The fraction of sp³-hybridized carbons (Fsp3) is 0.600. The molecule has 1 aliphatic rings. The van der Waals surface area contributed by atoms with Gasteiger partial charge in [0.1, 0.15) is 5.75 Å². The lowest BCUT2D eigenvalue weighted by molar-refractivity contribution is 0.337. The van der Waals surface area contributed by atoms with Crippen LogP contribution in [0, 0.1) is 13.8 Å². The standard InChI is InChI=1S/C15H22O2/c1-5-16-15-9-10(2)13(8-11(15)3)6-7-14-12(4)17-14/h8-9,12,14H,5-7H2,1-4H3. The third-order valence-electron chi connectivity index (χ3n) is 3.47. The Morgan fingerprint density at radius 1 is 1.24 bits per heavy atom. The van der Waals surface area contributed by atoms with Gasteiger partial charge in [-0.2, -0.15) is 0 Å².